The minimum Gasteiger partial charge on any atom is -0.370 e. The molecule has 0 saturated heterocycles. The Balaban J connectivity index is 2.39. The number of nitrogens with zero attached hydrogens (tertiary/aromatic N) is 2. The summed E-state index contributed by atoms with van der Waals surface area (Å²) >= 11 is 0. The third-order valence-electron chi connectivity index (χ3n) is 4.52. The van der Waals surface area contributed by atoms with Crippen LogP contribution in [0.25, 0.3) is 0 Å². The highest BCUT2D eigenvalue weighted by Gasteiger charge is 2.36. The van der Waals surface area contributed by atoms with E-state index in [1.54, 1.807) is 7.11 Å². The zero-order chi connectivity index (χ0) is 14.6. The van der Waals surface area contributed by atoms with E-state index in [4.69, 9.17) is 20.4 Å². The van der Waals surface area contributed by atoms with E-state index in [-0.39, 0.29) is 5.60 Å². The molecule has 1 aliphatic rings. The number of hydrogen-bond donors (Lipinski definition) is 1. The molecule has 1 heterocycles. The van der Waals surface area contributed by atoms with Gasteiger partial charge in [-0.05, 0) is 45.2 Å². The van der Waals surface area contributed by atoms with E-state index in [9.17, 15) is 0 Å². The van der Waals surface area contributed by atoms with Gasteiger partial charge in [0.1, 0.15) is 5.60 Å². The van der Waals surface area contributed by atoms with Crippen LogP contribution in [0.4, 0.5) is 0 Å². The van der Waals surface area contributed by atoms with Crippen LogP contribution in [0.5, 0.6) is 0 Å². The van der Waals surface area contributed by atoms with E-state index in [0.717, 1.165) is 36.5 Å². The molecule has 2 rings (SSSR count). The number of nitrogens with two attached hydrogens (primary N) is 1. The molecule has 4 heteroatoms. The van der Waals surface area contributed by atoms with Crippen molar-refractivity contribution < 1.29 is 4.74 Å². The maximum atomic E-state index is 5.90. The van der Waals surface area contributed by atoms with Gasteiger partial charge in [-0.2, -0.15) is 0 Å². The first-order valence-corrected chi connectivity index (χ1v) is 7.73. The summed E-state index contributed by atoms with van der Waals surface area (Å²) in [6.45, 7) is 4.76. The van der Waals surface area contributed by atoms with Gasteiger partial charge in [0.2, 0.25) is 0 Å². The highest BCUT2D eigenvalue weighted by Crippen LogP contribution is 2.37. The molecule has 0 amide bonds. The highest BCUT2D eigenvalue weighted by atomic mass is 16.5. The summed E-state index contributed by atoms with van der Waals surface area (Å²) in [7, 11) is 1.80. The van der Waals surface area contributed by atoms with Crippen molar-refractivity contribution in [1.82, 2.24) is 9.97 Å². The Morgan fingerprint density at radius 3 is 2.05 bits per heavy atom. The van der Waals surface area contributed by atoms with Gasteiger partial charge < -0.3 is 10.5 Å². The van der Waals surface area contributed by atoms with Crippen LogP contribution >= 0.6 is 0 Å². The molecule has 0 spiro atoms. The van der Waals surface area contributed by atoms with Gasteiger partial charge in [-0.1, -0.05) is 25.7 Å². The molecule has 2 N–H and O–H groups in total. The quantitative estimate of drug-likeness (QED) is 0.860. The van der Waals surface area contributed by atoms with E-state index in [0.29, 0.717) is 6.54 Å². The van der Waals surface area contributed by atoms with Gasteiger partial charge in [-0.15, -0.1) is 0 Å². The summed E-state index contributed by atoms with van der Waals surface area (Å²) in [4.78, 5) is 9.54. The smallest absolute Gasteiger partial charge is 0.160 e. The third kappa shape index (κ3) is 3.01. The first kappa shape index (κ1) is 15.4. The van der Waals surface area contributed by atoms with Crippen LogP contribution in [-0.2, 0) is 16.8 Å². The van der Waals surface area contributed by atoms with E-state index >= 15 is 0 Å². The van der Waals surface area contributed by atoms with Gasteiger partial charge in [-0.3, -0.25) is 0 Å². The fourth-order valence-electron chi connectivity index (χ4n) is 3.27. The van der Waals surface area contributed by atoms with Crippen molar-refractivity contribution in [2.75, 3.05) is 13.7 Å². The second-order valence-electron chi connectivity index (χ2n) is 5.85. The standard InChI is InChI=1S/C16H27N3O/c1-12-14(8-11-17)13(2)19-15(18-12)16(20-3)9-6-4-5-7-10-16/h4-11,17H2,1-3H3. The topological polar surface area (TPSA) is 61.0 Å². The molecule has 0 unspecified atom stereocenters. The predicted molar refractivity (Wildman–Crippen MR) is 80.7 cm³/mol. The predicted octanol–water partition coefficient (Wildman–Crippen LogP) is 2.79. The van der Waals surface area contributed by atoms with Crippen molar-refractivity contribution in [3.63, 3.8) is 0 Å². The Hall–Kier alpha value is -1.00. The minimum absolute atomic E-state index is 0.284. The minimum atomic E-state index is -0.284. The first-order valence-electron chi connectivity index (χ1n) is 7.73. The molecule has 20 heavy (non-hydrogen) atoms. The van der Waals surface area contributed by atoms with Crippen LogP contribution in [-0.4, -0.2) is 23.6 Å². The number of aryl methyl sites for hydroxylation is 2. The molecule has 1 aromatic rings. The van der Waals surface area contributed by atoms with Gasteiger partial charge in [0.05, 0.1) is 0 Å². The van der Waals surface area contributed by atoms with Crippen LogP contribution in [0.3, 0.4) is 0 Å². The van der Waals surface area contributed by atoms with Gasteiger partial charge >= 0.3 is 0 Å². The summed E-state index contributed by atoms with van der Waals surface area (Å²) in [5, 5.41) is 0. The number of hydrogen-bond acceptors (Lipinski definition) is 4. The third-order valence-corrected chi connectivity index (χ3v) is 4.52. The van der Waals surface area contributed by atoms with Crippen LogP contribution < -0.4 is 5.73 Å². The van der Waals surface area contributed by atoms with Crippen molar-refractivity contribution in [3.05, 3.63) is 22.8 Å². The fraction of sp³-hybridized carbons (Fsp3) is 0.750. The second-order valence-corrected chi connectivity index (χ2v) is 5.85. The zero-order valence-corrected chi connectivity index (χ0v) is 13.0. The van der Waals surface area contributed by atoms with Crippen molar-refractivity contribution in [2.45, 2.75) is 64.4 Å². The number of aromatic nitrogens is 2. The van der Waals surface area contributed by atoms with Crippen LogP contribution in [0, 0.1) is 13.8 Å². The molecule has 1 aromatic heterocycles. The van der Waals surface area contributed by atoms with Crippen molar-refractivity contribution in [3.8, 4) is 0 Å². The van der Waals surface area contributed by atoms with E-state index < -0.39 is 0 Å². The highest BCUT2D eigenvalue weighted by molar-refractivity contribution is 5.26. The lowest BCUT2D eigenvalue weighted by Crippen LogP contribution is -2.31. The monoisotopic (exact) mass is 277 g/mol. The van der Waals surface area contributed by atoms with E-state index in [2.05, 4.69) is 13.8 Å². The summed E-state index contributed by atoms with van der Waals surface area (Å²) in [6.07, 6.45) is 7.86. The van der Waals surface area contributed by atoms with Crippen molar-refractivity contribution >= 4 is 0 Å². The van der Waals surface area contributed by atoms with E-state index in [1.165, 1.54) is 31.2 Å². The molecular weight excluding hydrogens is 250 g/mol. The van der Waals surface area contributed by atoms with Crippen molar-refractivity contribution in [2.24, 2.45) is 5.73 Å². The van der Waals surface area contributed by atoms with Crippen LogP contribution in [0.15, 0.2) is 0 Å². The summed E-state index contributed by atoms with van der Waals surface area (Å²) < 4.78 is 5.90. The van der Waals surface area contributed by atoms with Gasteiger partial charge in [0.15, 0.2) is 5.82 Å². The Morgan fingerprint density at radius 2 is 1.60 bits per heavy atom. The van der Waals surface area contributed by atoms with Crippen molar-refractivity contribution in [1.29, 1.82) is 0 Å². The summed E-state index contributed by atoms with van der Waals surface area (Å²) in [6, 6.07) is 0. The molecule has 0 aromatic carbocycles. The molecule has 0 bridgehead atoms. The Morgan fingerprint density at radius 1 is 1.05 bits per heavy atom. The number of rotatable bonds is 4. The summed E-state index contributed by atoms with van der Waals surface area (Å²) in [5.74, 6) is 0.873. The Bertz CT molecular complexity index is 428. The molecule has 1 fully saturated rings. The van der Waals surface area contributed by atoms with Gasteiger partial charge in [0, 0.05) is 18.5 Å². The largest absolute Gasteiger partial charge is 0.370 e. The van der Waals surface area contributed by atoms with Crippen LogP contribution in [0.1, 0.15) is 61.3 Å². The van der Waals surface area contributed by atoms with E-state index in [1.807, 2.05) is 0 Å². The zero-order valence-electron chi connectivity index (χ0n) is 13.0. The Kier molecular flexibility index (Phi) is 5.11. The maximum Gasteiger partial charge on any atom is 0.160 e. The number of methoxy groups -OCH3 is 1. The lowest BCUT2D eigenvalue weighted by atomic mass is 9.92. The first-order chi connectivity index (χ1) is 9.63. The lowest BCUT2D eigenvalue weighted by molar-refractivity contribution is -0.0354. The normalized spacial score (nSPS) is 18.8. The molecule has 1 saturated carbocycles. The SMILES string of the molecule is COC1(c2nc(C)c(CCN)c(C)n2)CCCCCC1. The van der Waals surface area contributed by atoms with Gasteiger partial charge in [0.25, 0.3) is 0 Å². The molecule has 112 valence electrons. The molecule has 0 radical (unpaired) electrons. The molecule has 1 aliphatic carbocycles. The molecule has 0 aliphatic heterocycles. The maximum absolute atomic E-state index is 5.90. The lowest BCUT2D eigenvalue weighted by Gasteiger charge is -2.30. The summed E-state index contributed by atoms with van der Waals surface area (Å²) in [5.41, 5.74) is 8.69. The second kappa shape index (κ2) is 6.64. The average molecular weight is 277 g/mol. The average Bonchev–Trinajstić information content (AvgIpc) is 2.69. The Labute approximate surface area is 122 Å². The molecular formula is C16H27N3O. The van der Waals surface area contributed by atoms with Crippen LogP contribution in [0.2, 0.25) is 0 Å². The molecule has 0 atom stereocenters. The fourth-order valence-corrected chi connectivity index (χ4v) is 3.27. The van der Waals surface area contributed by atoms with Gasteiger partial charge in [-0.25, -0.2) is 9.97 Å². The molecule has 4 nitrogen and oxygen atoms in total. The number of ether oxygens (including phenoxy) is 1.